The third-order valence-corrected chi connectivity index (χ3v) is 2.60. The smallest absolute Gasteiger partial charge is 0.152 e. The number of rotatable bonds is 6. The topological polar surface area (TPSA) is 63.6 Å². The number of allylic oxidation sites excluding steroid dienone is 1. The lowest BCUT2D eigenvalue weighted by atomic mass is 10.2. The van der Waals surface area contributed by atoms with Crippen molar-refractivity contribution in [1.29, 1.82) is 0 Å². The predicted molar refractivity (Wildman–Crippen MR) is 81.2 cm³/mol. The lowest BCUT2D eigenvalue weighted by Crippen LogP contribution is -3.11. The van der Waals surface area contributed by atoms with Crippen LogP contribution in [-0.2, 0) is 0 Å². The SMILES string of the molecule is C=C(C)NN[NH+]([O-])c1ccc(Nc2ccccc2)cc1. The molecule has 2 rings (SSSR count). The van der Waals surface area contributed by atoms with Crippen molar-refractivity contribution in [3.05, 3.63) is 72.1 Å². The summed E-state index contributed by atoms with van der Waals surface area (Å²) in [4.78, 5) is 0. The molecule has 0 saturated carbocycles. The molecule has 5 nitrogen and oxygen atoms in total. The first-order valence-corrected chi connectivity index (χ1v) is 6.29. The summed E-state index contributed by atoms with van der Waals surface area (Å²) in [6, 6.07) is 17.1. The molecule has 2 aromatic carbocycles. The summed E-state index contributed by atoms with van der Waals surface area (Å²) in [5.74, 6) is 0. The average molecular weight is 270 g/mol. The van der Waals surface area contributed by atoms with Crippen molar-refractivity contribution >= 4 is 17.1 Å². The van der Waals surface area contributed by atoms with Crippen molar-refractivity contribution in [3.63, 3.8) is 0 Å². The number of benzene rings is 2. The molecule has 2 aromatic rings. The minimum atomic E-state index is -0.195. The molecule has 0 spiro atoms. The summed E-state index contributed by atoms with van der Waals surface area (Å²) >= 11 is 0. The number of para-hydroxylation sites is 1. The van der Waals surface area contributed by atoms with Gasteiger partial charge in [-0.1, -0.05) is 30.3 Å². The van der Waals surface area contributed by atoms with Gasteiger partial charge in [-0.15, -0.1) is 0 Å². The second-order valence-electron chi connectivity index (χ2n) is 4.43. The van der Waals surface area contributed by atoms with Gasteiger partial charge in [-0.3, -0.25) is 5.43 Å². The zero-order valence-corrected chi connectivity index (χ0v) is 11.3. The van der Waals surface area contributed by atoms with Gasteiger partial charge in [0.05, 0.1) is 0 Å². The van der Waals surface area contributed by atoms with Crippen molar-refractivity contribution in [2.24, 2.45) is 0 Å². The van der Waals surface area contributed by atoms with Gasteiger partial charge in [0.15, 0.2) is 5.69 Å². The Morgan fingerprint density at radius 3 is 2.20 bits per heavy atom. The first-order chi connectivity index (χ1) is 9.65. The van der Waals surface area contributed by atoms with Crippen molar-refractivity contribution in [2.45, 2.75) is 6.92 Å². The lowest BCUT2D eigenvalue weighted by molar-refractivity contribution is -0.834. The third-order valence-electron chi connectivity index (χ3n) is 2.60. The minimum absolute atomic E-state index is 0.195. The number of hydrogen-bond acceptors (Lipinski definition) is 4. The Kier molecular flexibility index (Phi) is 4.73. The molecule has 1 atom stereocenters. The molecule has 20 heavy (non-hydrogen) atoms. The summed E-state index contributed by atoms with van der Waals surface area (Å²) in [6.45, 7) is 5.42. The van der Waals surface area contributed by atoms with Crippen molar-refractivity contribution in [3.8, 4) is 0 Å². The maximum absolute atomic E-state index is 11.8. The van der Waals surface area contributed by atoms with Crippen molar-refractivity contribution < 1.29 is 5.17 Å². The van der Waals surface area contributed by atoms with E-state index in [1.165, 1.54) is 0 Å². The third kappa shape index (κ3) is 4.10. The number of quaternary nitrogens is 1. The second kappa shape index (κ2) is 6.72. The van der Waals surface area contributed by atoms with Crippen LogP contribution in [0.1, 0.15) is 6.92 Å². The van der Waals surface area contributed by atoms with E-state index in [1.54, 1.807) is 19.1 Å². The predicted octanol–water partition coefficient (Wildman–Crippen LogP) is 1.99. The number of hydrazine groups is 1. The lowest BCUT2D eigenvalue weighted by Gasteiger charge is -2.22. The van der Waals surface area contributed by atoms with Gasteiger partial charge >= 0.3 is 0 Å². The first-order valence-electron chi connectivity index (χ1n) is 6.29. The molecule has 104 valence electrons. The van der Waals surface area contributed by atoms with Gasteiger partial charge in [-0.05, 0) is 31.2 Å². The standard InChI is InChI=1S/C15H18N4O/c1-12(2)17-18-19(20)15-10-8-14(9-11-15)16-13-6-4-3-5-7-13/h3-11,16-19H,1H2,2H3. The van der Waals surface area contributed by atoms with E-state index in [0.717, 1.165) is 11.4 Å². The Balaban J connectivity index is 1.97. The average Bonchev–Trinajstić information content (AvgIpc) is 2.46. The first kappa shape index (κ1) is 14.1. The number of hydrogen-bond donors (Lipinski definition) is 4. The Labute approximate surface area is 118 Å². The fraction of sp³-hybridized carbons (Fsp3) is 0.0667. The highest BCUT2D eigenvalue weighted by molar-refractivity contribution is 5.60. The normalized spacial score (nSPS) is 11.7. The molecule has 0 fully saturated rings. The molecule has 0 aromatic heterocycles. The van der Waals surface area contributed by atoms with Crippen LogP contribution in [0.5, 0.6) is 0 Å². The largest absolute Gasteiger partial charge is 0.607 e. The maximum Gasteiger partial charge on any atom is 0.152 e. The van der Waals surface area contributed by atoms with E-state index in [4.69, 9.17) is 0 Å². The number of anilines is 2. The van der Waals surface area contributed by atoms with Crippen LogP contribution in [0, 0.1) is 5.21 Å². The van der Waals surface area contributed by atoms with Gasteiger partial charge in [-0.2, -0.15) is 0 Å². The summed E-state index contributed by atoms with van der Waals surface area (Å²) in [6.07, 6.45) is 0. The molecule has 5 heteroatoms. The molecule has 0 radical (unpaired) electrons. The molecule has 0 aliphatic carbocycles. The Bertz CT molecular complexity index is 554. The zero-order chi connectivity index (χ0) is 14.4. The summed E-state index contributed by atoms with van der Waals surface area (Å²) in [5.41, 5.74) is 8.45. The fourth-order valence-electron chi connectivity index (χ4n) is 1.63. The minimum Gasteiger partial charge on any atom is -0.607 e. The number of nitrogens with one attached hydrogen (secondary N) is 4. The quantitative estimate of drug-likeness (QED) is 0.606. The van der Waals surface area contributed by atoms with Crippen LogP contribution < -0.4 is 21.4 Å². The zero-order valence-electron chi connectivity index (χ0n) is 11.3. The highest BCUT2D eigenvalue weighted by Crippen LogP contribution is 2.16. The maximum atomic E-state index is 11.8. The van der Waals surface area contributed by atoms with Crippen LogP contribution in [0.4, 0.5) is 17.1 Å². The molecule has 0 amide bonds. The van der Waals surface area contributed by atoms with Crippen molar-refractivity contribution in [2.75, 3.05) is 5.32 Å². The van der Waals surface area contributed by atoms with E-state index in [9.17, 15) is 5.21 Å². The Hall–Kier alpha value is -2.34. The van der Waals surface area contributed by atoms with Crippen LogP contribution in [0.3, 0.4) is 0 Å². The van der Waals surface area contributed by atoms with E-state index >= 15 is 0 Å². The molecule has 0 aliphatic heterocycles. The van der Waals surface area contributed by atoms with Gasteiger partial charge < -0.3 is 10.5 Å². The van der Waals surface area contributed by atoms with E-state index in [1.807, 2.05) is 42.5 Å². The van der Waals surface area contributed by atoms with E-state index < -0.39 is 0 Å². The monoisotopic (exact) mass is 270 g/mol. The molecular weight excluding hydrogens is 252 g/mol. The Morgan fingerprint density at radius 2 is 1.60 bits per heavy atom. The molecule has 0 aliphatic rings. The van der Waals surface area contributed by atoms with Crippen LogP contribution in [0.15, 0.2) is 66.9 Å². The van der Waals surface area contributed by atoms with Gasteiger partial charge in [0.2, 0.25) is 0 Å². The molecule has 0 saturated heterocycles. The highest BCUT2D eigenvalue weighted by Gasteiger charge is 2.02. The Morgan fingerprint density at radius 1 is 1.00 bits per heavy atom. The molecule has 1 unspecified atom stereocenters. The summed E-state index contributed by atoms with van der Waals surface area (Å²) < 4.78 is 0. The van der Waals surface area contributed by atoms with Crippen LogP contribution in [0.25, 0.3) is 0 Å². The molecular formula is C15H18N4O. The van der Waals surface area contributed by atoms with Crippen LogP contribution in [-0.4, -0.2) is 0 Å². The van der Waals surface area contributed by atoms with Crippen LogP contribution in [0.2, 0.25) is 0 Å². The molecule has 0 bridgehead atoms. The molecule has 0 heterocycles. The van der Waals surface area contributed by atoms with E-state index in [-0.39, 0.29) is 5.17 Å². The van der Waals surface area contributed by atoms with Gasteiger partial charge in [0.1, 0.15) is 0 Å². The van der Waals surface area contributed by atoms with Gasteiger partial charge in [0, 0.05) is 29.2 Å². The second-order valence-corrected chi connectivity index (χ2v) is 4.43. The molecule has 4 N–H and O–H groups in total. The van der Waals surface area contributed by atoms with Crippen molar-refractivity contribution in [1.82, 2.24) is 11.0 Å². The summed E-state index contributed by atoms with van der Waals surface area (Å²) in [5, 5.41) is 14.8. The van der Waals surface area contributed by atoms with E-state index in [0.29, 0.717) is 11.4 Å². The highest BCUT2D eigenvalue weighted by atomic mass is 16.5. The van der Waals surface area contributed by atoms with Crippen LogP contribution >= 0.6 is 0 Å². The van der Waals surface area contributed by atoms with E-state index in [2.05, 4.69) is 22.9 Å². The fourth-order valence-corrected chi connectivity index (χ4v) is 1.63. The summed E-state index contributed by atoms with van der Waals surface area (Å²) in [7, 11) is 0. The van der Waals surface area contributed by atoms with Gasteiger partial charge in [0.25, 0.3) is 0 Å². The van der Waals surface area contributed by atoms with Gasteiger partial charge in [-0.25, -0.2) is 5.17 Å².